The van der Waals surface area contributed by atoms with Crippen molar-refractivity contribution >= 4 is 29.1 Å². The molecule has 2 aromatic carbocycles. The van der Waals surface area contributed by atoms with E-state index in [0.29, 0.717) is 11.1 Å². The van der Waals surface area contributed by atoms with E-state index in [4.69, 9.17) is 9.47 Å². The van der Waals surface area contributed by atoms with Crippen LogP contribution in [0.1, 0.15) is 18.1 Å². The van der Waals surface area contributed by atoms with Crippen LogP contribution in [-0.2, 0) is 37.1 Å². The van der Waals surface area contributed by atoms with Gasteiger partial charge in [0.1, 0.15) is 13.2 Å². The molecule has 0 unspecified atom stereocenters. The summed E-state index contributed by atoms with van der Waals surface area (Å²) in [4.78, 5) is 56.2. The quantitative estimate of drug-likeness (QED) is 0.259. The Bertz CT molecular complexity index is 895. The SMILES string of the molecule is CC(=O)C(C(=O)OCc1ccc([N+](=O)[O-])cc1)C(=O)OCc1ccc([N+](=O)[O-])cc1. The molecule has 2 rings (SSSR count). The van der Waals surface area contributed by atoms with Crippen molar-refractivity contribution in [2.75, 3.05) is 0 Å². The number of carbonyl (C=O) groups excluding carboxylic acids is 3. The molecular formula is C19H16N2O9. The molecule has 11 heteroatoms. The maximum absolute atomic E-state index is 12.2. The largest absolute Gasteiger partial charge is 0.460 e. The van der Waals surface area contributed by atoms with Crippen LogP contribution < -0.4 is 0 Å². The molecule has 0 aliphatic heterocycles. The average molecular weight is 416 g/mol. The molecule has 0 amide bonds. The van der Waals surface area contributed by atoms with Crippen molar-refractivity contribution in [3.8, 4) is 0 Å². The summed E-state index contributed by atoms with van der Waals surface area (Å²) in [6.45, 7) is 0.442. The van der Waals surface area contributed by atoms with Gasteiger partial charge in [-0.1, -0.05) is 0 Å². The summed E-state index contributed by atoms with van der Waals surface area (Å²) in [5.41, 5.74) is 0.578. The van der Waals surface area contributed by atoms with Crippen molar-refractivity contribution in [3.63, 3.8) is 0 Å². The summed E-state index contributed by atoms with van der Waals surface area (Å²) in [5, 5.41) is 21.3. The third-order valence-corrected chi connectivity index (χ3v) is 3.93. The molecule has 0 bridgehead atoms. The zero-order chi connectivity index (χ0) is 22.3. The normalized spacial score (nSPS) is 10.3. The van der Waals surface area contributed by atoms with Crippen molar-refractivity contribution in [2.45, 2.75) is 20.1 Å². The van der Waals surface area contributed by atoms with Gasteiger partial charge in [0, 0.05) is 24.3 Å². The lowest BCUT2D eigenvalue weighted by Gasteiger charge is -2.13. The predicted molar refractivity (Wildman–Crippen MR) is 100.0 cm³/mol. The maximum atomic E-state index is 12.2. The Morgan fingerprint density at radius 2 is 1.10 bits per heavy atom. The zero-order valence-electron chi connectivity index (χ0n) is 15.7. The van der Waals surface area contributed by atoms with E-state index in [0.717, 1.165) is 6.92 Å². The Morgan fingerprint density at radius 1 is 0.767 bits per heavy atom. The molecule has 156 valence electrons. The van der Waals surface area contributed by atoms with Gasteiger partial charge >= 0.3 is 11.9 Å². The second kappa shape index (κ2) is 9.87. The minimum atomic E-state index is -1.79. The van der Waals surface area contributed by atoms with Crippen LogP contribution >= 0.6 is 0 Å². The van der Waals surface area contributed by atoms with E-state index in [2.05, 4.69) is 0 Å². The Hall–Kier alpha value is -4.15. The monoisotopic (exact) mass is 416 g/mol. The first kappa shape index (κ1) is 22.1. The molecule has 0 spiro atoms. The molecule has 0 aromatic heterocycles. The summed E-state index contributed by atoms with van der Waals surface area (Å²) in [7, 11) is 0. The van der Waals surface area contributed by atoms with Crippen LogP contribution in [0.2, 0.25) is 0 Å². The van der Waals surface area contributed by atoms with Crippen LogP contribution in [0.4, 0.5) is 11.4 Å². The fourth-order valence-corrected chi connectivity index (χ4v) is 2.33. The molecule has 0 saturated heterocycles. The minimum Gasteiger partial charge on any atom is -0.460 e. The molecule has 0 heterocycles. The highest BCUT2D eigenvalue weighted by atomic mass is 16.6. The van der Waals surface area contributed by atoms with E-state index < -0.39 is 33.5 Å². The fourth-order valence-electron chi connectivity index (χ4n) is 2.33. The minimum absolute atomic E-state index is 0.137. The molecular weight excluding hydrogens is 400 g/mol. The van der Waals surface area contributed by atoms with Crippen LogP contribution in [0.15, 0.2) is 48.5 Å². The zero-order valence-corrected chi connectivity index (χ0v) is 15.7. The molecule has 2 aromatic rings. The third-order valence-electron chi connectivity index (χ3n) is 3.93. The van der Waals surface area contributed by atoms with Crippen LogP contribution in [-0.4, -0.2) is 27.6 Å². The van der Waals surface area contributed by atoms with Crippen molar-refractivity contribution in [1.29, 1.82) is 0 Å². The number of non-ortho nitro benzene ring substituents is 2. The number of hydrogen-bond donors (Lipinski definition) is 0. The van der Waals surface area contributed by atoms with Gasteiger partial charge in [-0.3, -0.25) is 34.6 Å². The van der Waals surface area contributed by atoms with Gasteiger partial charge in [0.25, 0.3) is 11.4 Å². The third kappa shape index (κ3) is 5.92. The summed E-state index contributed by atoms with van der Waals surface area (Å²) in [6.07, 6.45) is 0. The molecule has 11 nitrogen and oxygen atoms in total. The highest BCUT2D eigenvalue weighted by Crippen LogP contribution is 2.16. The summed E-state index contributed by atoms with van der Waals surface area (Å²) >= 11 is 0. The Labute approximate surface area is 169 Å². The van der Waals surface area contributed by atoms with Crippen molar-refractivity contribution in [1.82, 2.24) is 0 Å². The van der Waals surface area contributed by atoms with Crippen LogP contribution in [0, 0.1) is 26.1 Å². The second-order valence-corrected chi connectivity index (χ2v) is 6.11. The average Bonchev–Trinajstić information content (AvgIpc) is 2.71. The first-order valence-corrected chi connectivity index (χ1v) is 8.49. The molecule has 0 fully saturated rings. The highest BCUT2D eigenvalue weighted by Gasteiger charge is 2.34. The molecule has 0 N–H and O–H groups in total. The topological polar surface area (TPSA) is 156 Å². The van der Waals surface area contributed by atoms with Crippen molar-refractivity contribution in [3.05, 3.63) is 79.9 Å². The Balaban J connectivity index is 1.95. The summed E-state index contributed by atoms with van der Waals surface area (Å²) in [6, 6.07) is 10.4. The Kier molecular flexibility index (Phi) is 7.28. The van der Waals surface area contributed by atoms with Gasteiger partial charge in [0.2, 0.25) is 5.92 Å². The van der Waals surface area contributed by atoms with Gasteiger partial charge in [-0.05, 0) is 42.3 Å². The van der Waals surface area contributed by atoms with E-state index in [9.17, 15) is 34.6 Å². The van der Waals surface area contributed by atoms with Crippen molar-refractivity contribution in [2.24, 2.45) is 5.92 Å². The number of nitro groups is 2. The number of hydrogen-bond acceptors (Lipinski definition) is 9. The summed E-state index contributed by atoms with van der Waals surface area (Å²) in [5.74, 6) is -4.80. The number of nitro benzene ring substituents is 2. The molecule has 30 heavy (non-hydrogen) atoms. The lowest BCUT2D eigenvalue weighted by molar-refractivity contribution is -0.385. The number of benzene rings is 2. The highest BCUT2D eigenvalue weighted by molar-refractivity contribution is 6.14. The molecule has 0 radical (unpaired) electrons. The lowest BCUT2D eigenvalue weighted by Crippen LogP contribution is -2.33. The number of Topliss-reactive ketones (excluding diaryl/α,β-unsaturated/α-hetero) is 1. The van der Waals surface area contributed by atoms with Gasteiger partial charge in [-0.2, -0.15) is 0 Å². The second-order valence-electron chi connectivity index (χ2n) is 6.11. The maximum Gasteiger partial charge on any atom is 0.328 e. The standard InChI is InChI=1S/C19H16N2O9/c1-12(22)17(18(23)29-10-13-2-6-15(7-3-13)20(25)26)19(24)30-11-14-4-8-16(9-5-14)21(27)28/h2-9,17H,10-11H2,1H3. The molecule has 0 aliphatic carbocycles. The number of ketones is 1. The predicted octanol–water partition coefficient (Wildman–Crippen LogP) is 2.49. The first-order chi connectivity index (χ1) is 14.2. The smallest absolute Gasteiger partial charge is 0.328 e. The Morgan fingerprint density at radius 3 is 1.37 bits per heavy atom. The van der Waals surface area contributed by atoms with Crippen LogP contribution in [0.3, 0.4) is 0 Å². The number of carbonyl (C=O) groups is 3. The number of rotatable bonds is 9. The van der Waals surface area contributed by atoms with Crippen LogP contribution in [0.5, 0.6) is 0 Å². The van der Waals surface area contributed by atoms with Crippen LogP contribution in [0.25, 0.3) is 0 Å². The van der Waals surface area contributed by atoms with Crippen molar-refractivity contribution < 1.29 is 33.7 Å². The van der Waals surface area contributed by atoms with Gasteiger partial charge in [0.15, 0.2) is 5.78 Å². The molecule has 0 atom stereocenters. The number of esters is 2. The first-order valence-electron chi connectivity index (χ1n) is 8.49. The van der Waals surface area contributed by atoms with E-state index in [1.54, 1.807) is 0 Å². The summed E-state index contributed by atoms with van der Waals surface area (Å²) < 4.78 is 9.92. The molecule has 0 aliphatic rings. The van der Waals surface area contributed by atoms with E-state index in [1.165, 1.54) is 48.5 Å². The van der Waals surface area contributed by atoms with E-state index >= 15 is 0 Å². The van der Waals surface area contributed by atoms with Gasteiger partial charge in [0.05, 0.1) is 9.85 Å². The van der Waals surface area contributed by atoms with E-state index in [-0.39, 0.29) is 24.6 Å². The van der Waals surface area contributed by atoms with E-state index in [1.807, 2.05) is 0 Å². The van der Waals surface area contributed by atoms with Gasteiger partial charge in [-0.15, -0.1) is 0 Å². The molecule has 0 saturated carbocycles. The number of nitrogens with zero attached hydrogens (tertiary/aromatic N) is 2. The van der Waals surface area contributed by atoms with Gasteiger partial charge in [-0.25, -0.2) is 0 Å². The lowest BCUT2D eigenvalue weighted by atomic mass is 10.1. The fraction of sp³-hybridized carbons (Fsp3) is 0.211. The number of ether oxygens (including phenoxy) is 2. The van der Waals surface area contributed by atoms with Gasteiger partial charge < -0.3 is 9.47 Å².